The molecule has 0 saturated carbocycles. The maximum atomic E-state index is 14.2. The second kappa shape index (κ2) is 6.54. The first-order valence-corrected chi connectivity index (χ1v) is 7.09. The number of halogens is 4. The zero-order valence-electron chi connectivity index (χ0n) is 10.8. The summed E-state index contributed by atoms with van der Waals surface area (Å²) < 4.78 is 28.3. The van der Waals surface area contributed by atoms with E-state index < -0.39 is 18.6 Å². The fourth-order valence-corrected chi connectivity index (χ4v) is 3.02. The Morgan fingerprint density at radius 2 is 1.75 bits per heavy atom. The molecule has 1 aromatic carbocycles. The Morgan fingerprint density at radius 3 is 2.25 bits per heavy atom. The molecule has 20 heavy (non-hydrogen) atoms. The monoisotopic (exact) mass is 324 g/mol. The number of hydrogen-bond acceptors (Lipinski definition) is 3. The number of aliphatic hydroxyl groups excluding tert-OH is 1. The Labute approximate surface area is 126 Å². The number of alkyl halides is 2. The molecule has 1 aromatic rings. The molecule has 1 saturated heterocycles. The Morgan fingerprint density at radius 1 is 1.20 bits per heavy atom. The minimum Gasteiger partial charge on any atom is -0.390 e. The van der Waals surface area contributed by atoms with Crippen molar-refractivity contribution in [2.75, 3.05) is 32.8 Å². The van der Waals surface area contributed by atoms with Crippen LogP contribution in [0.4, 0.5) is 8.78 Å². The fraction of sp³-hybridized carbons (Fsp3) is 0.538. The smallest absolute Gasteiger partial charge is 0.289 e. The van der Waals surface area contributed by atoms with E-state index in [1.807, 2.05) is 0 Å². The molecule has 0 amide bonds. The Balaban J connectivity index is 2.39. The van der Waals surface area contributed by atoms with Crippen LogP contribution < -0.4 is 5.32 Å². The molecular weight excluding hydrogens is 309 g/mol. The van der Waals surface area contributed by atoms with E-state index in [-0.39, 0.29) is 0 Å². The lowest BCUT2D eigenvalue weighted by Gasteiger charge is -2.38. The van der Waals surface area contributed by atoms with Crippen molar-refractivity contribution in [3.63, 3.8) is 0 Å². The standard InChI is InChI=1S/C13H16Cl2F2N2O/c14-10-5-9(6-11(15)7-10)12(13(16,17)8-20)19-3-1-18-2-4-19/h5-7,12,18,20H,1-4,8H2/t12-/m0/s1. The number of hydrogen-bond donors (Lipinski definition) is 2. The minimum absolute atomic E-state index is 0.307. The van der Waals surface area contributed by atoms with Crippen LogP contribution in [0.1, 0.15) is 11.6 Å². The van der Waals surface area contributed by atoms with Crippen LogP contribution in [-0.2, 0) is 0 Å². The lowest BCUT2D eigenvalue weighted by Crippen LogP contribution is -2.51. The van der Waals surface area contributed by atoms with Crippen LogP contribution in [-0.4, -0.2) is 48.7 Å². The SMILES string of the molecule is OCC(F)(F)[C@H](c1cc(Cl)cc(Cl)c1)N1CCNCC1. The first kappa shape index (κ1) is 15.9. The van der Waals surface area contributed by atoms with Gasteiger partial charge in [0.05, 0.1) is 0 Å². The van der Waals surface area contributed by atoms with Crippen molar-refractivity contribution in [1.82, 2.24) is 10.2 Å². The summed E-state index contributed by atoms with van der Waals surface area (Å²) in [6.07, 6.45) is 0. The van der Waals surface area contributed by atoms with E-state index >= 15 is 0 Å². The van der Waals surface area contributed by atoms with E-state index in [1.54, 1.807) is 4.90 Å². The van der Waals surface area contributed by atoms with E-state index in [9.17, 15) is 8.78 Å². The summed E-state index contributed by atoms with van der Waals surface area (Å²) in [4.78, 5) is 1.65. The third-order valence-electron chi connectivity index (χ3n) is 3.33. The highest BCUT2D eigenvalue weighted by Crippen LogP contribution is 2.38. The normalized spacial score (nSPS) is 19.1. The highest BCUT2D eigenvalue weighted by Gasteiger charge is 2.44. The predicted octanol–water partition coefficient (Wildman–Crippen LogP) is 2.57. The Kier molecular flexibility index (Phi) is 5.20. The van der Waals surface area contributed by atoms with Gasteiger partial charge in [0.1, 0.15) is 12.6 Å². The van der Waals surface area contributed by atoms with Crippen molar-refractivity contribution in [2.24, 2.45) is 0 Å². The molecule has 1 atom stereocenters. The van der Waals surface area contributed by atoms with Gasteiger partial charge >= 0.3 is 0 Å². The second-order valence-electron chi connectivity index (χ2n) is 4.81. The summed E-state index contributed by atoms with van der Waals surface area (Å²) in [6.45, 7) is 0.999. The van der Waals surface area contributed by atoms with Gasteiger partial charge in [0.25, 0.3) is 5.92 Å². The third kappa shape index (κ3) is 3.59. The van der Waals surface area contributed by atoms with Gasteiger partial charge in [0.15, 0.2) is 0 Å². The van der Waals surface area contributed by atoms with Crippen LogP contribution >= 0.6 is 23.2 Å². The van der Waals surface area contributed by atoms with E-state index in [0.717, 1.165) is 0 Å². The largest absolute Gasteiger partial charge is 0.390 e. The van der Waals surface area contributed by atoms with Crippen LogP contribution in [0.25, 0.3) is 0 Å². The van der Waals surface area contributed by atoms with Crippen LogP contribution in [0.2, 0.25) is 10.0 Å². The average molecular weight is 325 g/mol. The number of nitrogens with one attached hydrogen (secondary N) is 1. The van der Waals surface area contributed by atoms with Crippen molar-refractivity contribution in [2.45, 2.75) is 12.0 Å². The summed E-state index contributed by atoms with van der Waals surface area (Å²) in [5.74, 6) is -3.26. The predicted molar refractivity (Wildman–Crippen MR) is 75.7 cm³/mol. The number of nitrogens with zero attached hydrogens (tertiary/aromatic N) is 1. The minimum atomic E-state index is -3.26. The van der Waals surface area contributed by atoms with E-state index in [0.29, 0.717) is 41.8 Å². The maximum absolute atomic E-state index is 14.2. The van der Waals surface area contributed by atoms with Crippen molar-refractivity contribution < 1.29 is 13.9 Å². The molecule has 3 nitrogen and oxygen atoms in total. The van der Waals surface area contributed by atoms with Gasteiger partial charge in [0, 0.05) is 36.2 Å². The van der Waals surface area contributed by atoms with Crippen LogP contribution in [0, 0.1) is 0 Å². The van der Waals surface area contributed by atoms with Crippen molar-refractivity contribution in [1.29, 1.82) is 0 Å². The Bertz CT molecular complexity index is 447. The zero-order chi connectivity index (χ0) is 14.8. The Hall–Kier alpha value is -0.460. The van der Waals surface area contributed by atoms with Gasteiger partial charge in [0.2, 0.25) is 0 Å². The summed E-state index contributed by atoms with van der Waals surface area (Å²) in [6, 6.07) is 3.22. The lowest BCUT2D eigenvalue weighted by molar-refractivity contribution is -0.118. The maximum Gasteiger partial charge on any atom is 0.289 e. The molecule has 7 heteroatoms. The second-order valence-corrected chi connectivity index (χ2v) is 5.68. The number of benzene rings is 1. The molecule has 1 fully saturated rings. The van der Waals surface area contributed by atoms with E-state index in [4.69, 9.17) is 28.3 Å². The molecule has 1 aliphatic heterocycles. The highest BCUT2D eigenvalue weighted by atomic mass is 35.5. The number of rotatable bonds is 4. The quantitative estimate of drug-likeness (QED) is 0.893. The molecule has 0 aromatic heterocycles. The first-order valence-electron chi connectivity index (χ1n) is 6.33. The first-order chi connectivity index (χ1) is 9.44. The van der Waals surface area contributed by atoms with Gasteiger partial charge in [-0.3, -0.25) is 4.90 Å². The van der Waals surface area contributed by atoms with Crippen LogP contribution in [0.5, 0.6) is 0 Å². The van der Waals surface area contributed by atoms with Crippen molar-refractivity contribution in [3.05, 3.63) is 33.8 Å². The summed E-state index contributed by atoms with van der Waals surface area (Å²) in [7, 11) is 0. The molecule has 0 unspecified atom stereocenters. The molecule has 0 aliphatic carbocycles. The van der Waals surface area contributed by atoms with Gasteiger partial charge in [-0.1, -0.05) is 23.2 Å². The van der Waals surface area contributed by atoms with Gasteiger partial charge in [-0.2, -0.15) is 0 Å². The van der Waals surface area contributed by atoms with Gasteiger partial charge in [-0.05, 0) is 23.8 Å². The van der Waals surface area contributed by atoms with Gasteiger partial charge in [-0.25, -0.2) is 8.78 Å². The van der Waals surface area contributed by atoms with Gasteiger partial charge < -0.3 is 10.4 Å². The average Bonchev–Trinajstić information content (AvgIpc) is 2.39. The molecular formula is C13H16Cl2F2N2O. The van der Waals surface area contributed by atoms with Crippen LogP contribution in [0.15, 0.2) is 18.2 Å². The van der Waals surface area contributed by atoms with Crippen LogP contribution in [0.3, 0.4) is 0 Å². The third-order valence-corrected chi connectivity index (χ3v) is 3.76. The molecule has 112 valence electrons. The summed E-state index contributed by atoms with van der Waals surface area (Å²) in [5.41, 5.74) is 0.323. The lowest BCUT2D eigenvalue weighted by atomic mass is 9.98. The van der Waals surface area contributed by atoms with Crippen molar-refractivity contribution in [3.8, 4) is 0 Å². The zero-order valence-corrected chi connectivity index (χ0v) is 12.3. The topological polar surface area (TPSA) is 35.5 Å². The van der Waals surface area contributed by atoms with Crippen molar-refractivity contribution >= 4 is 23.2 Å². The summed E-state index contributed by atoms with van der Waals surface area (Å²) in [5, 5.41) is 12.8. The molecule has 0 spiro atoms. The molecule has 1 heterocycles. The molecule has 1 aliphatic rings. The van der Waals surface area contributed by atoms with Gasteiger partial charge in [-0.15, -0.1) is 0 Å². The summed E-state index contributed by atoms with van der Waals surface area (Å²) >= 11 is 11.8. The van der Waals surface area contributed by atoms with E-state index in [1.165, 1.54) is 18.2 Å². The molecule has 2 N–H and O–H groups in total. The molecule has 2 rings (SSSR count). The number of aliphatic hydroxyl groups is 1. The fourth-order valence-electron chi connectivity index (χ4n) is 2.48. The highest BCUT2D eigenvalue weighted by molar-refractivity contribution is 6.34. The molecule has 0 bridgehead atoms. The molecule has 0 radical (unpaired) electrons. The van der Waals surface area contributed by atoms with E-state index in [2.05, 4.69) is 5.32 Å². The number of piperazine rings is 1.